The molecule has 0 aromatic rings. The molecule has 0 radical (unpaired) electrons. The Morgan fingerprint density at radius 1 is 1.08 bits per heavy atom. The van der Waals surface area contributed by atoms with Gasteiger partial charge in [-0.2, -0.15) is 0 Å². The van der Waals surface area contributed by atoms with Crippen LogP contribution in [0.3, 0.4) is 0 Å². The summed E-state index contributed by atoms with van der Waals surface area (Å²) in [6.07, 6.45) is 8.70. The fourth-order valence-electron chi connectivity index (χ4n) is 3.47. The monoisotopic (exact) mass is 452 g/mol. The van der Waals surface area contributed by atoms with E-state index >= 15 is 0 Å². The first-order valence-corrected chi connectivity index (χ1v) is 9.38. The molecule has 2 aliphatic heterocycles. The van der Waals surface area contributed by atoms with E-state index < -0.39 is 0 Å². The lowest BCUT2D eigenvalue weighted by atomic mass is 10.1. The third-order valence-electron chi connectivity index (χ3n) is 4.79. The number of hydrogen-bond acceptors (Lipinski definition) is 4. The molecular formula is C18H33IN2O3. The molecule has 0 N–H and O–H groups in total. The highest BCUT2D eigenvalue weighted by Crippen LogP contribution is 2.15. The van der Waals surface area contributed by atoms with Gasteiger partial charge in [0, 0.05) is 25.9 Å². The van der Waals surface area contributed by atoms with Crippen LogP contribution in [0.15, 0.2) is 0 Å². The largest absolute Gasteiger partial charge is 0.459 e. The molecule has 2 rings (SSSR count). The standard InChI is InChI=1S/C18H32N2O3.HI/c1-2-3-5-10-18(22)23-16(14-19-11-6-4-7-12-19)15-20-13-8-9-17(20)21;/h16H,2-15H2,1H3;1H. The van der Waals surface area contributed by atoms with E-state index in [9.17, 15) is 9.59 Å². The molecule has 0 aromatic carbocycles. The summed E-state index contributed by atoms with van der Waals surface area (Å²) in [5.41, 5.74) is 0. The van der Waals surface area contributed by atoms with Gasteiger partial charge >= 0.3 is 5.97 Å². The molecule has 0 saturated carbocycles. The number of ether oxygens (including phenoxy) is 1. The average Bonchev–Trinajstić information content (AvgIpc) is 2.93. The maximum absolute atomic E-state index is 12.1. The number of esters is 1. The van der Waals surface area contributed by atoms with Gasteiger partial charge in [-0.1, -0.05) is 26.2 Å². The van der Waals surface area contributed by atoms with Crippen molar-refractivity contribution in [2.45, 2.75) is 70.8 Å². The fraction of sp³-hybridized carbons (Fsp3) is 0.889. The summed E-state index contributed by atoms with van der Waals surface area (Å²) in [7, 11) is 0. The number of halogens is 1. The smallest absolute Gasteiger partial charge is 0.306 e. The number of piperidine rings is 1. The highest BCUT2D eigenvalue weighted by molar-refractivity contribution is 14.0. The second-order valence-electron chi connectivity index (χ2n) is 6.87. The van der Waals surface area contributed by atoms with Crippen molar-refractivity contribution in [3.8, 4) is 0 Å². The van der Waals surface area contributed by atoms with E-state index in [1.807, 2.05) is 4.90 Å². The Hall–Kier alpha value is -0.370. The molecule has 2 aliphatic rings. The Morgan fingerprint density at radius 2 is 1.83 bits per heavy atom. The van der Waals surface area contributed by atoms with Gasteiger partial charge in [-0.15, -0.1) is 24.0 Å². The molecule has 0 aliphatic carbocycles. The van der Waals surface area contributed by atoms with Gasteiger partial charge in [0.15, 0.2) is 0 Å². The van der Waals surface area contributed by atoms with Crippen LogP contribution in [0.2, 0.25) is 0 Å². The topological polar surface area (TPSA) is 49.9 Å². The summed E-state index contributed by atoms with van der Waals surface area (Å²) in [5, 5.41) is 0. The van der Waals surface area contributed by atoms with E-state index in [0.29, 0.717) is 19.4 Å². The van der Waals surface area contributed by atoms with Gasteiger partial charge in [-0.05, 0) is 38.8 Å². The van der Waals surface area contributed by atoms with Crippen LogP contribution in [-0.2, 0) is 14.3 Å². The molecule has 1 atom stereocenters. The Morgan fingerprint density at radius 3 is 2.46 bits per heavy atom. The maximum atomic E-state index is 12.1. The van der Waals surface area contributed by atoms with E-state index in [4.69, 9.17) is 4.74 Å². The van der Waals surface area contributed by atoms with Crippen molar-refractivity contribution in [1.29, 1.82) is 0 Å². The van der Waals surface area contributed by atoms with Gasteiger partial charge in [-0.3, -0.25) is 14.5 Å². The molecule has 2 fully saturated rings. The summed E-state index contributed by atoms with van der Waals surface area (Å²) in [6, 6.07) is 0. The van der Waals surface area contributed by atoms with Crippen LogP contribution in [0.25, 0.3) is 0 Å². The molecule has 1 amide bonds. The molecule has 5 nitrogen and oxygen atoms in total. The summed E-state index contributed by atoms with van der Waals surface area (Å²) >= 11 is 0. The third kappa shape index (κ3) is 7.68. The van der Waals surface area contributed by atoms with Crippen LogP contribution in [0.1, 0.15) is 64.7 Å². The van der Waals surface area contributed by atoms with Gasteiger partial charge in [0.1, 0.15) is 6.10 Å². The van der Waals surface area contributed by atoms with Crippen molar-refractivity contribution < 1.29 is 14.3 Å². The van der Waals surface area contributed by atoms with Crippen LogP contribution in [0.5, 0.6) is 0 Å². The lowest BCUT2D eigenvalue weighted by Crippen LogP contribution is -2.44. The van der Waals surface area contributed by atoms with Gasteiger partial charge in [0.25, 0.3) is 0 Å². The first-order chi connectivity index (χ1) is 11.2. The highest BCUT2D eigenvalue weighted by Gasteiger charge is 2.27. The molecule has 6 heteroatoms. The molecule has 140 valence electrons. The Balaban J connectivity index is 0.00000288. The second-order valence-corrected chi connectivity index (χ2v) is 6.87. The van der Waals surface area contributed by atoms with Crippen molar-refractivity contribution in [3.05, 3.63) is 0 Å². The molecule has 1 unspecified atom stereocenters. The summed E-state index contributed by atoms with van der Waals surface area (Å²) in [6.45, 7) is 6.43. The third-order valence-corrected chi connectivity index (χ3v) is 4.79. The number of carbonyl (C=O) groups excluding carboxylic acids is 2. The number of nitrogens with zero attached hydrogens (tertiary/aromatic N) is 2. The predicted octanol–water partition coefficient (Wildman–Crippen LogP) is 3.20. The highest BCUT2D eigenvalue weighted by atomic mass is 127. The first-order valence-electron chi connectivity index (χ1n) is 9.38. The Kier molecular flexibility index (Phi) is 10.9. The van der Waals surface area contributed by atoms with Crippen molar-refractivity contribution in [1.82, 2.24) is 9.80 Å². The molecule has 0 spiro atoms. The lowest BCUT2D eigenvalue weighted by molar-refractivity contribution is -0.152. The number of unbranched alkanes of at least 4 members (excludes halogenated alkanes) is 2. The Bertz CT molecular complexity index is 386. The van der Waals surface area contributed by atoms with Crippen molar-refractivity contribution in [2.75, 3.05) is 32.7 Å². The van der Waals surface area contributed by atoms with E-state index in [0.717, 1.165) is 51.9 Å². The van der Waals surface area contributed by atoms with E-state index in [1.165, 1.54) is 19.3 Å². The van der Waals surface area contributed by atoms with Crippen LogP contribution in [0.4, 0.5) is 0 Å². The summed E-state index contributed by atoms with van der Waals surface area (Å²) in [4.78, 5) is 28.2. The van der Waals surface area contributed by atoms with Gasteiger partial charge in [0.05, 0.1) is 6.54 Å². The lowest BCUT2D eigenvalue weighted by Gasteiger charge is -2.32. The average molecular weight is 452 g/mol. The minimum absolute atomic E-state index is 0. The van der Waals surface area contributed by atoms with E-state index in [2.05, 4.69) is 11.8 Å². The zero-order valence-electron chi connectivity index (χ0n) is 15.0. The summed E-state index contributed by atoms with van der Waals surface area (Å²) < 4.78 is 5.74. The second kappa shape index (κ2) is 12.1. The predicted molar refractivity (Wildman–Crippen MR) is 106 cm³/mol. The molecule has 2 saturated heterocycles. The molecule has 0 aromatic heterocycles. The van der Waals surface area contributed by atoms with Crippen molar-refractivity contribution in [3.63, 3.8) is 0 Å². The number of likely N-dealkylation sites (tertiary alicyclic amines) is 2. The number of amides is 1. The van der Waals surface area contributed by atoms with Crippen LogP contribution < -0.4 is 0 Å². The molecule has 0 bridgehead atoms. The van der Waals surface area contributed by atoms with Crippen LogP contribution >= 0.6 is 24.0 Å². The van der Waals surface area contributed by atoms with Crippen LogP contribution in [-0.4, -0.2) is 60.5 Å². The quantitative estimate of drug-likeness (QED) is 0.306. The number of carbonyl (C=O) groups is 2. The minimum atomic E-state index is -0.177. The van der Waals surface area contributed by atoms with Gasteiger partial charge in [0.2, 0.25) is 5.91 Å². The zero-order chi connectivity index (χ0) is 16.5. The maximum Gasteiger partial charge on any atom is 0.306 e. The van der Waals surface area contributed by atoms with Crippen molar-refractivity contribution in [2.24, 2.45) is 0 Å². The number of rotatable bonds is 9. The van der Waals surface area contributed by atoms with E-state index in [1.54, 1.807) is 0 Å². The van der Waals surface area contributed by atoms with E-state index in [-0.39, 0.29) is 42.0 Å². The summed E-state index contributed by atoms with van der Waals surface area (Å²) in [5.74, 6) is 0.0998. The normalized spacial score (nSPS) is 19.9. The zero-order valence-corrected chi connectivity index (χ0v) is 17.3. The molecule has 24 heavy (non-hydrogen) atoms. The molecular weight excluding hydrogens is 419 g/mol. The SMILES string of the molecule is CCCCCC(=O)OC(CN1CCCCC1)CN1CCCC1=O.I. The Labute approximate surface area is 163 Å². The number of hydrogen-bond donors (Lipinski definition) is 0. The van der Waals surface area contributed by atoms with Gasteiger partial charge < -0.3 is 9.64 Å². The minimum Gasteiger partial charge on any atom is -0.459 e. The molecule has 2 heterocycles. The van der Waals surface area contributed by atoms with Crippen LogP contribution in [0, 0.1) is 0 Å². The van der Waals surface area contributed by atoms with Gasteiger partial charge in [-0.25, -0.2) is 0 Å². The fourth-order valence-corrected chi connectivity index (χ4v) is 3.47. The van der Waals surface area contributed by atoms with Crippen molar-refractivity contribution >= 4 is 35.9 Å². The first kappa shape index (κ1) is 21.7.